The van der Waals surface area contributed by atoms with E-state index >= 15 is 0 Å². The van der Waals surface area contributed by atoms with E-state index in [0.29, 0.717) is 41.2 Å². The van der Waals surface area contributed by atoms with Crippen LogP contribution in [-0.2, 0) is 14.4 Å². The first-order valence-corrected chi connectivity index (χ1v) is 9.99. The average molecular weight is 419 g/mol. The molecule has 2 heterocycles. The molecule has 2 aliphatic rings. The number of ether oxygens (including phenoxy) is 1. The van der Waals surface area contributed by atoms with Crippen LogP contribution < -0.4 is 4.90 Å². The molecular weight excluding hydrogens is 399 g/mol. The highest BCUT2D eigenvalue weighted by atomic mass is 35.5. The third-order valence-electron chi connectivity index (χ3n) is 4.99. The summed E-state index contributed by atoms with van der Waals surface area (Å²) in [6.07, 6.45) is 0.638. The molecule has 0 aromatic heterocycles. The Hall–Kier alpha value is -2.08. The van der Waals surface area contributed by atoms with Gasteiger partial charge in [0.25, 0.3) is 5.91 Å². The van der Waals surface area contributed by atoms with Crippen molar-refractivity contribution in [3.63, 3.8) is 0 Å². The Morgan fingerprint density at radius 2 is 2.00 bits per heavy atom. The molecule has 2 aromatic rings. The van der Waals surface area contributed by atoms with Gasteiger partial charge in [-0.3, -0.25) is 4.79 Å². The van der Waals surface area contributed by atoms with Crippen molar-refractivity contribution in [3.05, 3.63) is 64.1 Å². The van der Waals surface area contributed by atoms with Crippen LogP contribution in [0, 0.1) is 5.92 Å². The lowest BCUT2D eigenvalue weighted by atomic mass is 10.0. The molecule has 1 amide bonds. The van der Waals surface area contributed by atoms with Gasteiger partial charge in [-0.15, -0.1) is 0 Å². The molecule has 2 aliphatic heterocycles. The van der Waals surface area contributed by atoms with Crippen LogP contribution >= 0.6 is 23.2 Å². The lowest BCUT2D eigenvalue weighted by molar-refractivity contribution is -0.128. The summed E-state index contributed by atoms with van der Waals surface area (Å²) >= 11 is 12.2. The van der Waals surface area contributed by atoms with Crippen LogP contribution in [0.2, 0.25) is 10.0 Å². The molecule has 0 spiro atoms. The van der Waals surface area contributed by atoms with Crippen LogP contribution in [-0.4, -0.2) is 37.5 Å². The summed E-state index contributed by atoms with van der Waals surface area (Å²) in [7, 11) is 0. The summed E-state index contributed by atoms with van der Waals surface area (Å²) in [5.41, 5.74) is 2.23. The Balaban J connectivity index is 1.51. The van der Waals surface area contributed by atoms with Gasteiger partial charge in [0.05, 0.1) is 17.3 Å². The standard InChI is InChI=1S/C21H20Cl2N2O3/c22-15-6-7-17(18(23)10-15)19-11-20(28-24-19)21(26)25(12-14-8-9-27-13-14)16-4-2-1-3-5-16/h1-7,10,14,20H,8-9,11-13H2/t14-,20-/m1/s1. The molecular formula is C21H20Cl2N2O3. The monoisotopic (exact) mass is 418 g/mol. The topological polar surface area (TPSA) is 51.1 Å². The number of hydrogen-bond donors (Lipinski definition) is 0. The highest BCUT2D eigenvalue weighted by Gasteiger charge is 2.35. The van der Waals surface area contributed by atoms with Crippen LogP contribution in [0.4, 0.5) is 5.69 Å². The first-order chi connectivity index (χ1) is 13.6. The van der Waals surface area contributed by atoms with E-state index in [0.717, 1.165) is 24.3 Å². The van der Waals surface area contributed by atoms with Gasteiger partial charge in [-0.05, 0) is 30.7 Å². The fourth-order valence-electron chi connectivity index (χ4n) is 3.48. The maximum absolute atomic E-state index is 13.3. The molecule has 2 aromatic carbocycles. The predicted molar refractivity (Wildman–Crippen MR) is 110 cm³/mol. The van der Waals surface area contributed by atoms with Crippen LogP contribution in [0.25, 0.3) is 0 Å². The number of benzene rings is 2. The Bertz CT molecular complexity index is 882. The zero-order chi connectivity index (χ0) is 19.5. The van der Waals surface area contributed by atoms with E-state index in [1.165, 1.54) is 0 Å². The number of hydrogen-bond acceptors (Lipinski definition) is 4. The second-order valence-electron chi connectivity index (χ2n) is 6.97. The molecule has 0 bridgehead atoms. The highest BCUT2D eigenvalue weighted by Crippen LogP contribution is 2.28. The van der Waals surface area contributed by atoms with Gasteiger partial charge in [-0.1, -0.05) is 52.6 Å². The fraction of sp³-hybridized carbons (Fsp3) is 0.333. The molecule has 0 radical (unpaired) electrons. The number of rotatable bonds is 5. The molecule has 0 aliphatic carbocycles. The van der Waals surface area contributed by atoms with Crippen LogP contribution in [0.15, 0.2) is 53.7 Å². The molecule has 146 valence electrons. The minimum absolute atomic E-state index is 0.109. The number of para-hydroxylation sites is 1. The van der Waals surface area contributed by atoms with E-state index in [1.807, 2.05) is 30.3 Å². The Kier molecular flexibility index (Phi) is 5.85. The van der Waals surface area contributed by atoms with E-state index in [2.05, 4.69) is 5.16 Å². The van der Waals surface area contributed by atoms with Crippen molar-refractivity contribution in [3.8, 4) is 0 Å². The van der Waals surface area contributed by atoms with Gasteiger partial charge in [-0.2, -0.15) is 0 Å². The molecule has 1 saturated heterocycles. The van der Waals surface area contributed by atoms with Crippen molar-refractivity contribution in [1.82, 2.24) is 0 Å². The fourth-order valence-corrected chi connectivity index (χ4v) is 4.00. The maximum atomic E-state index is 13.3. The minimum Gasteiger partial charge on any atom is -0.382 e. The second-order valence-corrected chi connectivity index (χ2v) is 7.82. The Labute approximate surface area is 173 Å². The maximum Gasteiger partial charge on any atom is 0.271 e. The molecule has 2 atom stereocenters. The molecule has 0 unspecified atom stereocenters. The first-order valence-electron chi connectivity index (χ1n) is 9.24. The summed E-state index contributed by atoms with van der Waals surface area (Å²) in [6, 6.07) is 14.8. The summed E-state index contributed by atoms with van der Waals surface area (Å²) in [4.78, 5) is 20.6. The quantitative estimate of drug-likeness (QED) is 0.714. The summed E-state index contributed by atoms with van der Waals surface area (Å²) < 4.78 is 5.48. The number of anilines is 1. The van der Waals surface area contributed by atoms with E-state index in [4.69, 9.17) is 32.8 Å². The summed E-state index contributed by atoms with van der Waals surface area (Å²) in [6.45, 7) is 2.01. The number of amides is 1. The van der Waals surface area contributed by atoms with Crippen molar-refractivity contribution in [1.29, 1.82) is 0 Å². The molecule has 1 fully saturated rings. The summed E-state index contributed by atoms with van der Waals surface area (Å²) in [5.74, 6) is 0.207. The average Bonchev–Trinajstić information content (AvgIpc) is 3.38. The molecule has 7 heteroatoms. The number of carbonyl (C=O) groups is 1. The molecule has 5 nitrogen and oxygen atoms in total. The van der Waals surface area contributed by atoms with Crippen LogP contribution in [0.3, 0.4) is 0 Å². The third-order valence-corrected chi connectivity index (χ3v) is 5.53. The lowest BCUT2D eigenvalue weighted by Gasteiger charge is -2.27. The van der Waals surface area contributed by atoms with Crippen molar-refractivity contribution in [2.24, 2.45) is 11.1 Å². The normalized spacial score (nSPS) is 21.3. The predicted octanol–water partition coefficient (Wildman–Crippen LogP) is 4.56. The number of carbonyl (C=O) groups excluding carboxylic acids is 1. The zero-order valence-electron chi connectivity index (χ0n) is 15.2. The first kappa shape index (κ1) is 19.2. The second kappa shape index (κ2) is 8.52. The SMILES string of the molecule is O=C([C@H]1CC(c2ccc(Cl)cc2Cl)=NO1)N(C[C@H]1CCOC1)c1ccccc1. The zero-order valence-corrected chi connectivity index (χ0v) is 16.7. The van der Waals surface area contributed by atoms with Gasteiger partial charge < -0.3 is 14.5 Å². The van der Waals surface area contributed by atoms with Crippen molar-refractivity contribution in [2.75, 3.05) is 24.7 Å². The summed E-state index contributed by atoms with van der Waals surface area (Å²) in [5, 5.41) is 5.17. The van der Waals surface area contributed by atoms with E-state index in [1.54, 1.807) is 23.1 Å². The highest BCUT2D eigenvalue weighted by molar-refractivity contribution is 6.37. The van der Waals surface area contributed by atoms with E-state index < -0.39 is 6.10 Å². The number of oxime groups is 1. The minimum atomic E-state index is -0.677. The van der Waals surface area contributed by atoms with Crippen molar-refractivity contribution < 1.29 is 14.4 Å². The van der Waals surface area contributed by atoms with Gasteiger partial charge in [0, 0.05) is 41.8 Å². The van der Waals surface area contributed by atoms with Gasteiger partial charge in [0.1, 0.15) is 0 Å². The van der Waals surface area contributed by atoms with Gasteiger partial charge >= 0.3 is 0 Å². The largest absolute Gasteiger partial charge is 0.382 e. The smallest absolute Gasteiger partial charge is 0.271 e. The molecule has 0 N–H and O–H groups in total. The van der Waals surface area contributed by atoms with Crippen molar-refractivity contribution >= 4 is 40.5 Å². The number of halogens is 2. The van der Waals surface area contributed by atoms with Crippen molar-refractivity contribution in [2.45, 2.75) is 18.9 Å². The number of nitrogens with zero attached hydrogens (tertiary/aromatic N) is 2. The Morgan fingerprint density at radius 1 is 1.18 bits per heavy atom. The van der Waals surface area contributed by atoms with Crippen LogP contribution in [0.1, 0.15) is 18.4 Å². The molecule has 4 rings (SSSR count). The molecule has 0 saturated carbocycles. The van der Waals surface area contributed by atoms with Gasteiger partial charge in [0.2, 0.25) is 6.10 Å². The van der Waals surface area contributed by atoms with E-state index in [-0.39, 0.29) is 5.91 Å². The van der Waals surface area contributed by atoms with E-state index in [9.17, 15) is 4.79 Å². The van der Waals surface area contributed by atoms with Crippen LogP contribution in [0.5, 0.6) is 0 Å². The Morgan fingerprint density at radius 3 is 2.71 bits per heavy atom. The van der Waals surface area contributed by atoms with Gasteiger partial charge in [0.15, 0.2) is 0 Å². The molecule has 28 heavy (non-hydrogen) atoms. The lowest BCUT2D eigenvalue weighted by Crippen LogP contribution is -2.42. The van der Waals surface area contributed by atoms with Gasteiger partial charge in [-0.25, -0.2) is 0 Å². The third kappa shape index (κ3) is 4.17.